The van der Waals surface area contributed by atoms with Gasteiger partial charge in [-0.3, -0.25) is 0 Å². The number of hydrogen-bond donors (Lipinski definition) is 1. The van der Waals surface area contributed by atoms with Gasteiger partial charge in [0.05, 0.1) is 18.6 Å². The third kappa shape index (κ3) is 1.37. The quantitative estimate of drug-likeness (QED) is 0.707. The maximum atomic E-state index is 5.65. The van der Waals surface area contributed by atoms with Gasteiger partial charge in [0.2, 0.25) is 0 Å². The normalized spacial score (nSPS) is 14.7. The molecule has 1 aromatic carbocycles. The number of ether oxygens (including phenoxy) is 1. The zero-order chi connectivity index (χ0) is 9.26. The molecule has 1 aromatic rings. The van der Waals surface area contributed by atoms with E-state index in [1.165, 1.54) is 5.56 Å². The Kier molecular flexibility index (Phi) is 1.93. The van der Waals surface area contributed by atoms with E-state index in [-0.39, 0.29) is 0 Å². The lowest BCUT2D eigenvalue weighted by molar-refractivity contribution is 0.410. The first-order chi connectivity index (χ1) is 6.31. The Morgan fingerprint density at radius 2 is 2.23 bits per heavy atom. The minimum Gasteiger partial charge on any atom is -0.496 e. The molecule has 0 atom stereocenters. The number of aliphatic imine (C=N–C) groups is 1. The SMILES string of the molecule is COc1cccc2c1CCC(N)=N2. The number of methoxy groups -OCH3 is 1. The summed E-state index contributed by atoms with van der Waals surface area (Å²) >= 11 is 0. The summed E-state index contributed by atoms with van der Waals surface area (Å²) in [5.74, 6) is 1.62. The fourth-order valence-corrected chi connectivity index (χ4v) is 1.57. The van der Waals surface area contributed by atoms with Gasteiger partial charge in [-0.15, -0.1) is 0 Å². The van der Waals surface area contributed by atoms with Crippen molar-refractivity contribution in [1.29, 1.82) is 0 Å². The maximum Gasteiger partial charge on any atom is 0.124 e. The molecule has 68 valence electrons. The minimum absolute atomic E-state index is 0.709. The second kappa shape index (κ2) is 3.09. The van der Waals surface area contributed by atoms with Crippen LogP contribution in [0.3, 0.4) is 0 Å². The zero-order valence-electron chi connectivity index (χ0n) is 7.58. The van der Waals surface area contributed by atoms with Crippen molar-refractivity contribution in [3.8, 4) is 5.75 Å². The van der Waals surface area contributed by atoms with E-state index >= 15 is 0 Å². The fraction of sp³-hybridized carbons (Fsp3) is 0.300. The van der Waals surface area contributed by atoms with Crippen molar-refractivity contribution < 1.29 is 4.74 Å². The second-order valence-electron chi connectivity index (χ2n) is 3.06. The van der Waals surface area contributed by atoms with Crippen LogP contribution in [0.4, 0.5) is 5.69 Å². The number of fused-ring (bicyclic) bond motifs is 1. The number of hydrogen-bond acceptors (Lipinski definition) is 3. The zero-order valence-corrected chi connectivity index (χ0v) is 7.58. The van der Waals surface area contributed by atoms with Crippen LogP contribution in [0.5, 0.6) is 5.75 Å². The van der Waals surface area contributed by atoms with Gasteiger partial charge in [0, 0.05) is 12.0 Å². The predicted molar refractivity (Wildman–Crippen MR) is 52.6 cm³/mol. The van der Waals surface area contributed by atoms with E-state index in [0.717, 1.165) is 24.3 Å². The minimum atomic E-state index is 0.709. The lowest BCUT2D eigenvalue weighted by atomic mass is 10.0. The lowest BCUT2D eigenvalue weighted by Crippen LogP contribution is -2.15. The number of rotatable bonds is 1. The summed E-state index contributed by atoms with van der Waals surface area (Å²) in [5, 5.41) is 0. The van der Waals surface area contributed by atoms with Crippen LogP contribution in [0.25, 0.3) is 0 Å². The number of amidine groups is 1. The number of benzene rings is 1. The summed E-state index contributed by atoms with van der Waals surface area (Å²) in [6.45, 7) is 0. The van der Waals surface area contributed by atoms with Crippen LogP contribution in [0, 0.1) is 0 Å². The van der Waals surface area contributed by atoms with Crippen LogP contribution in [0.15, 0.2) is 23.2 Å². The maximum absolute atomic E-state index is 5.65. The average Bonchev–Trinajstić information content (AvgIpc) is 2.16. The van der Waals surface area contributed by atoms with Crippen molar-refractivity contribution in [1.82, 2.24) is 0 Å². The molecule has 0 aromatic heterocycles. The highest BCUT2D eigenvalue weighted by Gasteiger charge is 2.13. The van der Waals surface area contributed by atoms with E-state index in [4.69, 9.17) is 10.5 Å². The van der Waals surface area contributed by atoms with Gasteiger partial charge in [0.1, 0.15) is 5.75 Å². The molecule has 3 nitrogen and oxygen atoms in total. The van der Waals surface area contributed by atoms with Crippen LogP contribution in [0.1, 0.15) is 12.0 Å². The summed E-state index contributed by atoms with van der Waals surface area (Å²) in [5.41, 5.74) is 7.76. The first kappa shape index (κ1) is 8.10. The highest BCUT2D eigenvalue weighted by atomic mass is 16.5. The second-order valence-corrected chi connectivity index (χ2v) is 3.06. The van der Waals surface area contributed by atoms with Crippen LogP contribution in [-0.4, -0.2) is 12.9 Å². The molecule has 0 radical (unpaired) electrons. The van der Waals surface area contributed by atoms with Gasteiger partial charge in [-0.25, -0.2) is 4.99 Å². The van der Waals surface area contributed by atoms with Crippen molar-refractivity contribution in [3.05, 3.63) is 23.8 Å². The van der Waals surface area contributed by atoms with Crippen molar-refractivity contribution >= 4 is 11.5 Å². The molecule has 0 unspecified atom stereocenters. The first-order valence-electron chi connectivity index (χ1n) is 4.30. The Hall–Kier alpha value is -1.51. The van der Waals surface area contributed by atoms with Gasteiger partial charge in [-0.2, -0.15) is 0 Å². The molecule has 2 rings (SSSR count). The van der Waals surface area contributed by atoms with Gasteiger partial charge in [0.15, 0.2) is 0 Å². The third-order valence-electron chi connectivity index (χ3n) is 2.22. The van der Waals surface area contributed by atoms with E-state index in [1.54, 1.807) is 7.11 Å². The molecular weight excluding hydrogens is 164 g/mol. The molecule has 1 aliphatic heterocycles. The average molecular weight is 176 g/mol. The molecule has 0 saturated heterocycles. The molecule has 0 amide bonds. The topological polar surface area (TPSA) is 47.6 Å². The molecule has 0 saturated carbocycles. The summed E-state index contributed by atoms with van der Waals surface area (Å²) < 4.78 is 5.24. The number of nitrogens with zero attached hydrogens (tertiary/aromatic N) is 1. The van der Waals surface area contributed by atoms with Gasteiger partial charge in [0.25, 0.3) is 0 Å². The molecule has 13 heavy (non-hydrogen) atoms. The number of nitrogens with two attached hydrogens (primary N) is 1. The Bertz CT molecular complexity index is 358. The van der Waals surface area contributed by atoms with Gasteiger partial charge in [-0.05, 0) is 18.6 Å². The van der Waals surface area contributed by atoms with E-state index in [9.17, 15) is 0 Å². The molecule has 0 bridgehead atoms. The Balaban J connectivity index is 2.52. The smallest absolute Gasteiger partial charge is 0.124 e. The first-order valence-corrected chi connectivity index (χ1v) is 4.30. The predicted octanol–water partition coefficient (Wildman–Crippen LogP) is 1.63. The fourth-order valence-electron chi connectivity index (χ4n) is 1.57. The van der Waals surface area contributed by atoms with Gasteiger partial charge >= 0.3 is 0 Å². The van der Waals surface area contributed by atoms with Crippen LogP contribution in [0.2, 0.25) is 0 Å². The van der Waals surface area contributed by atoms with Crippen molar-refractivity contribution in [2.75, 3.05) is 7.11 Å². The van der Waals surface area contributed by atoms with Crippen molar-refractivity contribution in [3.63, 3.8) is 0 Å². The molecular formula is C10H12N2O. The Morgan fingerprint density at radius 1 is 1.38 bits per heavy atom. The summed E-state index contributed by atoms with van der Waals surface area (Å²) in [6.07, 6.45) is 1.75. The van der Waals surface area contributed by atoms with Crippen LogP contribution in [-0.2, 0) is 6.42 Å². The highest BCUT2D eigenvalue weighted by Crippen LogP contribution is 2.32. The van der Waals surface area contributed by atoms with Gasteiger partial charge in [-0.1, -0.05) is 6.07 Å². The molecule has 1 aliphatic rings. The molecule has 1 heterocycles. The monoisotopic (exact) mass is 176 g/mol. The van der Waals surface area contributed by atoms with Crippen molar-refractivity contribution in [2.24, 2.45) is 10.7 Å². The molecule has 0 spiro atoms. The highest BCUT2D eigenvalue weighted by molar-refractivity contribution is 5.86. The standard InChI is InChI=1S/C10H12N2O/c1-13-9-4-2-3-8-7(9)5-6-10(11)12-8/h2-4H,5-6H2,1H3,(H2,11,12). The van der Waals surface area contributed by atoms with Crippen LogP contribution < -0.4 is 10.5 Å². The van der Waals surface area contributed by atoms with E-state index in [1.807, 2.05) is 18.2 Å². The van der Waals surface area contributed by atoms with Crippen LogP contribution >= 0.6 is 0 Å². The third-order valence-corrected chi connectivity index (χ3v) is 2.22. The van der Waals surface area contributed by atoms with E-state index < -0.39 is 0 Å². The largest absolute Gasteiger partial charge is 0.496 e. The Morgan fingerprint density at radius 3 is 3.00 bits per heavy atom. The van der Waals surface area contributed by atoms with Crippen molar-refractivity contribution in [2.45, 2.75) is 12.8 Å². The molecule has 2 N–H and O–H groups in total. The summed E-state index contributed by atoms with van der Waals surface area (Å²) in [6, 6.07) is 5.85. The Labute approximate surface area is 77.2 Å². The molecule has 0 aliphatic carbocycles. The lowest BCUT2D eigenvalue weighted by Gasteiger charge is -2.15. The molecule has 3 heteroatoms. The summed E-state index contributed by atoms with van der Waals surface area (Å²) in [4.78, 5) is 4.27. The molecule has 0 fully saturated rings. The van der Waals surface area contributed by atoms with E-state index in [0.29, 0.717) is 5.84 Å². The van der Waals surface area contributed by atoms with E-state index in [2.05, 4.69) is 4.99 Å². The van der Waals surface area contributed by atoms with Gasteiger partial charge < -0.3 is 10.5 Å². The summed E-state index contributed by atoms with van der Waals surface area (Å²) in [7, 11) is 1.68.